The van der Waals surface area contributed by atoms with Gasteiger partial charge < -0.3 is 10.0 Å². The summed E-state index contributed by atoms with van der Waals surface area (Å²) in [4.78, 5) is 27.6. The Morgan fingerprint density at radius 3 is 2.63 bits per heavy atom. The normalized spacial score (nSPS) is 18.4. The van der Waals surface area contributed by atoms with Gasteiger partial charge in [-0.2, -0.15) is 0 Å². The van der Waals surface area contributed by atoms with Crippen LogP contribution in [0.1, 0.15) is 47.1 Å². The van der Waals surface area contributed by atoms with Crippen molar-refractivity contribution in [2.45, 2.75) is 42.5 Å². The second kappa shape index (κ2) is 8.57. The molecule has 5 rings (SSSR count). The molecule has 2 aromatic carbocycles. The number of aromatic nitrogens is 1. The van der Waals surface area contributed by atoms with Crippen LogP contribution < -0.4 is 10.4 Å². The SMILES string of the molecule is C[C@@H](N1CN([C@H]2c3ccccc3SCc3cccc(Cl)c32)n2ccc(=O)c(O)c2C1=O)C(C)(F)F. The summed E-state index contributed by atoms with van der Waals surface area (Å²) in [5.74, 6) is -4.21. The Balaban J connectivity index is 1.80. The topological polar surface area (TPSA) is 65.8 Å². The second-order valence-electron chi connectivity index (χ2n) is 8.75. The molecular weight excluding hydrogens is 496 g/mol. The van der Waals surface area contributed by atoms with E-state index in [-0.39, 0.29) is 12.4 Å². The van der Waals surface area contributed by atoms with Gasteiger partial charge in [0.05, 0.1) is 6.04 Å². The molecule has 0 aliphatic carbocycles. The van der Waals surface area contributed by atoms with E-state index < -0.39 is 35.1 Å². The van der Waals surface area contributed by atoms with Crippen LogP contribution in [0.4, 0.5) is 8.78 Å². The molecule has 0 saturated carbocycles. The third-order valence-electron chi connectivity index (χ3n) is 6.60. The summed E-state index contributed by atoms with van der Waals surface area (Å²) in [6, 6.07) is 12.4. The second-order valence-corrected chi connectivity index (χ2v) is 10.2. The summed E-state index contributed by atoms with van der Waals surface area (Å²) in [5.41, 5.74) is 1.49. The van der Waals surface area contributed by atoms with E-state index in [0.29, 0.717) is 10.8 Å². The van der Waals surface area contributed by atoms with Gasteiger partial charge in [0.1, 0.15) is 12.7 Å². The molecular formula is C25H22ClF2N3O3S. The highest BCUT2D eigenvalue weighted by Crippen LogP contribution is 2.45. The van der Waals surface area contributed by atoms with Crippen molar-refractivity contribution in [2.24, 2.45) is 0 Å². The van der Waals surface area contributed by atoms with Crippen LogP contribution >= 0.6 is 23.4 Å². The molecule has 1 N–H and O–H groups in total. The minimum absolute atomic E-state index is 0.215. The minimum Gasteiger partial charge on any atom is -0.502 e. The zero-order chi connectivity index (χ0) is 25.1. The van der Waals surface area contributed by atoms with Crippen molar-refractivity contribution < 1.29 is 18.7 Å². The fraction of sp³-hybridized carbons (Fsp3) is 0.280. The van der Waals surface area contributed by atoms with Crippen molar-refractivity contribution in [1.29, 1.82) is 0 Å². The van der Waals surface area contributed by atoms with E-state index in [2.05, 4.69) is 0 Å². The quantitative estimate of drug-likeness (QED) is 0.530. The predicted octanol–water partition coefficient (Wildman–Crippen LogP) is 5.00. The number of rotatable bonds is 3. The highest BCUT2D eigenvalue weighted by Gasteiger charge is 2.45. The van der Waals surface area contributed by atoms with Gasteiger partial charge in [0.15, 0.2) is 11.4 Å². The maximum absolute atomic E-state index is 14.4. The first kappa shape index (κ1) is 23.7. The molecule has 3 heterocycles. The lowest BCUT2D eigenvalue weighted by Gasteiger charge is -2.46. The zero-order valence-corrected chi connectivity index (χ0v) is 20.5. The van der Waals surface area contributed by atoms with Crippen LogP contribution in [-0.4, -0.2) is 39.2 Å². The van der Waals surface area contributed by atoms with Crippen LogP contribution in [0.3, 0.4) is 0 Å². The Morgan fingerprint density at radius 1 is 1.14 bits per heavy atom. The number of carbonyl (C=O) groups is 1. The molecule has 0 spiro atoms. The van der Waals surface area contributed by atoms with Gasteiger partial charge in [-0.05, 0) is 30.2 Å². The monoisotopic (exact) mass is 517 g/mol. The molecule has 0 radical (unpaired) electrons. The van der Waals surface area contributed by atoms with Crippen molar-refractivity contribution in [1.82, 2.24) is 9.58 Å². The lowest BCUT2D eigenvalue weighted by Crippen LogP contribution is -2.60. The first-order valence-corrected chi connectivity index (χ1v) is 12.3. The number of nitrogens with zero attached hydrogens (tertiary/aromatic N) is 3. The minimum atomic E-state index is -3.22. The van der Waals surface area contributed by atoms with E-state index in [4.69, 9.17) is 11.6 Å². The Morgan fingerprint density at radius 2 is 1.89 bits per heavy atom. The largest absolute Gasteiger partial charge is 0.502 e. The van der Waals surface area contributed by atoms with Gasteiger partial charge in [-0.3, -0.25) is 19.3 Å². The molecule has 182 valence electrons. The fourth-order valence-corrected chi connectivity index (χ4v) is 5.99. The summed E-state index contributed by atoms with van der Waals surface area (Å²) in [6.45, 7) is 1.78. The van der Waals surface area contributed by atoms with Crippen molar-refractivity contribution in [2.75, 3.05) is 11.7 Å². The number of halogens is 3. The number of pyridine rings is 1. The van der Waals surface area contributed by atoms with E-state index in [1.54, 1.807) is 22.8 Å². The van der Waals surface area contributed by atoms with Gasteiger partial charge >= 0.3 is 0 Å². The van der Waals surface area contributed by atoms with E-state index >= 15 is 0 Å². The standard InChI is InChI=1S/C25H22ClF2N3O3S/c1-14(25(2,27)28)29-13-31(30-11-10-18(32)23(33)22(30)24(29)34)21-16-7-3-4-9-19(16)35-12-15-6-5-8-17(26)20(15)21/h3-11,14,21,33H,12-13H2,1-2H3/t14-,21+/m1/s1. The summed E-state index contributed by atoms with van der Waals surface area (Å²) in [6.07, 6.45) is 1.39. The molecule has 0 saturated heterocycles. The molecule has 0 bridgehead atoms. The van der Waals surface area contributed by atoms with Gasteiger partial charge in [0.25, 0.3) is 11.8 Å². The third-order valence-corrected chi connectivity index (χ3v) is 8.07. The molecule has 6 nitrogen and oxygen atoms in total. The number of amides is 1. The van der Waals surface area contributed by atoms with Gasteiger partial charge in [-0.15, -0.1) is 11.8 Å². The van der Waals surface area contributed by atoms with Gasteiger partial charge in [-0.1, -0.05) is 41.9 Å². The first-order chi connectivity index (χ1) is 16.6. The van der Waals surface area contributed by atoms with Crippen LogP contribution in [0.5, 0.6) is 5.75 Å². The molecule has 2 aliphatic heterocycles. The molecule has 35 heavy (non-hydrogen) atoms. The maximum atomic E-state index is 14.4. The van der Waals surface area contributed by atoms with E-state index in [0.717, 1.165) is 39.5 Å². The van der Waals surface area contributed by atoms with Crippen molar-refractivity contribution in [3.05, 3.63) is 92.4 Å². The average molecular weight is 518 g/mol. The first-order valence-electron chi connectivity index (χ1n) is 11.0. The fourth-order valence-electron chi connectivity index (χ4n) is 4.61. The number of hydrogen-bond donors (Lipinski definition) is 1. The van der Waals surface area contributed by atoms with E-state index in [1.807, 2.05) is 36.4 Å². The number of benzene rings is 2. The molecule has 2 aliphatic rings. The van der Waals surface area contributed by atoms with Crippen molar-refractivity contribution in [3.63, 3.8) is 0 Å². The number of fused-ring (bicyclic) bond motifs is 3. The summed E-state index contributed by atoms with van der Waals surface area (Å²) in [7, 11) is 0. The lowest BCUT2D eigenvalue weighted by molar-refractivity contribution is -0.0548. The van der Waals surface area contributed by atoms with E-state index in [9.17, 15) is 23.5 Å². The maximum Gasteiger partial charge on any atom is 0.278 e. The zero-order valence-electron chi connectivity index (χ0n) is 18.9. The smallest absolute Gasteiger partial charge is 0.278 e. The predicted molar refractivity (Wildman–Crippen MR) is 131 cm³/mol. The van der Waals surface area contributed by atoms with Crippen LogP contribution in [0.2, 0.25) is 5.02 Å². The third kappa shape index (κ3) is 3.87. The number of carbonyl (C=O) groups excluding carboxylic acids is 1. The summed E-state index contributed by atoms with van der Waals surface area (Å²) >= 11 is 8.37. The molecule has 1 aromatic heterocycles. The van der Waals surface area contributed by atoms with Crippen LogP contribution in [-0.2, 0) is 5.75 Å². The highest BCUT2D eigenvalue weighted by atomic mass is 35.5. The number of hydrogen-bond acceptors (Lipinski definition) is 5. The lowest BCUT2D eigenvalue weighted by atomic mass is 9.94. The Labute approximate surface area is 209 Å². The van der Waals surface area contributed by atoms with Gasteiger partial charge in [0.2, 0.25) is 5.43 Å². The number of thioether (sulfide) groups is 1. The van der Waals surface area contributed by atoms with Crippen molar-refractivity contribution in [3.8, 4) is 5.75 Å². The van der Waals surface area contributed by atoms with Gasteiger partial charge in [-0.25, -0.2) is 8.78 Å². The number of alkyl halides is 2. The highest BCUT2D eigenvalue weighted by molar-refractivity contribution is 7.98. The Hall–Kier alpha value is -3.04. The van der Waals surface area contributed by atoms with Crippen molar-refractivity contribution >= 4 is 29.3 Å². The van der Waals surface area contributed by atoms with Crippen LogP contribution in [0.25, 0.3) is 0 Å². The van der Waals surface area contributed by atoms with Crippen LogP contribution in [0, 0.1) is 0 Å². The molecule has 0 unspecified atom stereocenters. The number of aromatic hydroxyl groups is 1. The van der Waals surface area contributed by atoms with Crippen LogP contribution in [0.15, 0.2) is 64.4 Å². The molecule has 1 amide bonds. The molecule has 3 aromatic rings. The molecule has 10 heteroatoms. The summed E-state index contributed by atoms with van der Waals surface area (Å²) < 4.78 is 30.3. The summed E-state index contributed by atoms with van der Waals surface area (Å²) in [5, 5.41) is 12.8. The Kier molecular flexibility index (Phi) is 5.80. The Bertz CT molecular complexity index is 1390. The van der Waals surface area contributed by atoms with Gasteiger partial charge in [0, 0.05) is 40.4 Å². The average Bonchev–Trinajstić information content (AvgIpc) is 2.98. The molecule has 2 atom stereocenters. The van der Waals surface area contributed by atoms with E-state index in [1.165, 1.54) is 17.8 Å². The molecule has 0 fully saturated rings.